The molecule has 0 N–H and O–H groups in total. The first kappa shape index (κ1) is 17.2. The van der Waals surface area contributed by atoms with Gasteiger partial charge in [0.05, 0.1) is 0 Å². The zero-order chi connectivity index (χ0) is 11.5. The maximum absolute atomic E-state index is 12.4. The van der Waals surface area contributed by atoms with Gasteiger partial charge in [-0.1, -0.05) is 19.8 Å². The Balaban J connectivity index is 0.00000225. The van der Waals surface area contributed by atoms with Crippen LogP contribution in [-0.4, -0.2) is 31.0 Å². The van der Waals surface area contributed by atoms with Crippen LogP contribution in [0.5, 0.6) is 0 Å². The molecule has 0 bridgehead atoms. The normalized spacial score (nSPS) is 17.6. The number of nitrogens with zero attached hydrogens (tertiary/aromatic N) is 1. The van der Waals surface area contributed by atoms with Gasteiger partial charge in [0.2, 0.25) is 0 Å². The van der Waals surface area contributed by atoms with Crippen molar-refractivity contribution in [2.24, 2.45) is 0 Å². The molecule has 16 heavy (non-hydrogen) atoms. The van der Waals surface area contributed by atoms with E-state index in [0.29, 0.717) is 12.6 Å². The molecular weight excluding hydrogens is 241 g/mol. The van der Waals surface area contributed by atoms with E-state index in [0.717, 1.165) is 25.7 Å². The summed E-state index contributed by atoms with van der Waals surface area (Å²) in [6.45, 7) is 0.859. The van der Waals surface area contributed by atoms with Crippen LogP contribution in [0.3, 0.4) is 0 Å². The van der Waals surface area contributed by atoms with Gasteiger partial charge in [-0.05, 0) is 25.9 Å². The van der Waals surface area contributed by atoms with Crippen molar-refractivity contribution in [3.8, 4) is 0 Å². The fourth-order valence-corrected chi connectivity index (χ4v) is 2.13. The molecule has 1 aliphatic rings. The molecule has 0 saturated heterocycles. The van der Waals surface area contributed by atoms with Gasteiger partial charge in [0.25, 0.3) is 0 Å². The van der Waals surface area contributed by atoms with E-state index in [2.05, 4.69) is 6.58 Å². The third-order valence-corrected chi connectivity index (χ3v) is 3.12. The molecule has 1 nitrogen and oxygen atoms in total. The number of likely N-dealkylation sites (N-methyl/N-ethyl adjacent to an activating group) is 1. The van der Waals surface area contributed by atoms with E-state index in [9.17, 15) is 12.9 Å². The summed E-state index contributed by atoms with van der Waals surface area (Å²) < 4.78 is 37.1. The Kier molecular flexibility index (Phi) is 8.15. The molecule has 1 fully saturated rings. The van der Waals surface area contributed by atoms with Crippen LogP contribution in [0.2, 0.25) is 0 Å². The van der Waals surface area contributed by atoms with Crippen LogP contribution >= 0.6 is 0 Å². The van der Waals surface area contributed by atoms with Gasteiger partial charge in [0.1, 0.15) is 0 Å². The van der Waals surface area contributed by atoms with Crippen molar-refractivity contribution in [2.75, 3.05) is 13.1 Å². The Labute approximate surface area is 138 Å². The minimum atomic E-state index is -4.87. The molecule has 0 aliphatic heterocycles. The van der Waals surface area contributed by atoms with E-state index in [1.54, 1.807) is 0 Å². The van der Waals surface area contributed by atoms with E-state index >= 15 is 0 Å². The van der Waals surface area contributed by atoms with E-state index < -0.39 is 12.4 Å². The van der Waals surface area contributed by atoms with E-state index in [4.69, 9.17) is 0 Å². The number of hydrogen-bond donors (Lipinski definition) is 0. The molecule has 88 valence electrons. The minimum absolute atomic E-state index is 0. The largest absolute Gasteiger partial charge is 1.00 e. The quantitative estimate of drug-likeness (QED) is 0.637. The summed E-state index contributed by atoms with van der Waals surface area (Å²) in [6.07, 6.45) is 4.35. The van der Waals surface area contributed by atoms with E-state index in [-0.39, 0.29) is 57.9 Å². The summed E-state index contributed by atoms with van der Waals surface area (Å²) in [5.41, 5.74) is -0.566. The first-order chi connectivity index (χ1) is 6.95. The summed E-state index contributed by atoms with van der Waals surface area (Å²) in [5, 5.41) is 0. The Morgan fingerprint density at radius 2 is 1.81 bits per heavy atom. The molecule has 0 aromatic rings. The van der Waals surface area contributed by atoms with Crippen LogP contribution in [0.1, 0.15) is 32.6 Å². The first-order valence-electron chi connectivity index (χ1n) is 5.56. The third-order valence-electron chi connectivity index (χ3n) is 3.12. The van der Waals surface area contributed by atoms with Crippen LogP contribution in [0.15, 0.2) is 12.1 Å². The van der Waals surface area contributed by atoms with Gasteiger partial charge < -0.3 is 12.9 Å². The number of rotatable bonds is 5. The molecule has 1 rings (SSSR count). The van der Waals surface area contributed by atoms with Crippen molar-refractivity contribution in [1.29, 1.82) is 0 Å². The molecule has 0 atom stereocenters. The molecule has 0 aromatic carbocycles. The van der Waals surface area contributed by atoms with Gasteiger partial charge in [-0.25, -0.2) is 0 Å². The molecule has 0 unspecified atom stereocenters. The summed E-state index contributed by atoms with van der Waals surface area (Å²) in [5.74, 6) is 0. The van der Waals surface area contributed by atoms with Crippen molar-refractivity contribution >= 4 is 6.98 Å². The molecule has 0 radical (unpaired) electrons. The Hall–Kier alpha value is 1.19. The van der Waals surface area contributed by atoms with Crippen molar-refractivity contribution in [1.82, 2.24) is 4.90 Å². The Morgan fingerprint density at radius 3 is 2.19 bits per heavy atom. The Bertz CT molecular complexity index is 227. The van der Waals surface area contributed by atoms with Crippen LogP contribution in [0, 0.1) is 0 Å². The predicted octanol–water partition coefficient (Wildman–Crippen LogP) is 0.198. The second-order valence-electron chi connectivity index (χ2n) is 4.23. The monoisotopic (exact) mass is 259 g/mol. The van der Waals surface area contributed by atoms with Crippen LogP contribution in [0.25, 0.3) is 0 Å². The van der Waals surface area contributed by atoms with Gasteiger partial charge in [0, 0.05) is 6.04 Å². The molecule has 1 saturated carbocycles. The van der Waals surface area contributed by atoms with Crippen molar-refractivity contribution in [2.45, 2.75) is 38.6 Å². The van der Waals surface area contributed by atoms with Gasteiger partial charge in [-0.3, -0.25) is 4.90 Å². The maximum Gasteiger partial charge on any atom is 1.00 e. The smallest absolute Gasteiger partial charge is 0.445 e. The Morgan fingerprint density at radius 1 is 1.31 bits per heavy atom. The molecule has 1 aliphatic carbocycles. The molecule has 0 heterocycles. The molecule has 0 amide bonds. The van der Waals surface area contributed by atoms with E-state index in [1.807, 2.05) is 11.8 Å². The summed E-state index contributed by atoms with van der Waals surface area (Å²) in [7, 11) is 0. The maximum atomic E-state index is 12.4. The average Bonchev–Trinajstić information content (AvgIpc) is 2.64. The van der Waals surface area contributed by atoms with E-state index in [1.165, 1.54) is 0 Å². The second-order valence-corrected chi connectivity index (χ2v) is 4.23. The number of hydrogen-bond acceptors (Lipinski definition) is 1. The zero-order valence-electron chi connectivity index (χ0n) is 10.2. The topological polar surface area (TPSA) is 3.24 Å². The average molecular weight is 259 g/mol. The molecule has 0 aromatic heterocycles. The summed E-state index contributed by atoms with van der Waals surface area (Å²) in [4.78, 5) is 1.91. The zero-order valence-corrected chi connectivity index (χ0v) is 13.3. The molecule has 6 heteroatoms. The molecule has 0 spiro atoms. The standard InChI is InChI=1S/C10H18BF3N.K/c1-3-15(10-6-4-5-7-10)8-9(2)11(12,13)14;/h10H,2-8H2,1H3;/q-1;+1. The van der Waals surface area contributed by atoms with Gasteiger partial charge in [-0.15, -0.1) is 12.1 Å². The summed E-state index contributed by atoms with van der Waals surface area (Å²) in [6, 6.07) is 0.338. The fraction of sp³-hybridized carbons (Fsp3) is 0.800. The first-order valence-corrected chi connectivity index (χ1v) is 5.56. The predicted molar refractivity (Wildman–Crippen MR) is 57.7 cm³/mol. The fourth-order valence-electron chi connectivity index (χ4n) is 2.13. The second kappa shape index (κ2) is 7.59. The van der Waals surface area contributed by atoms with Crippen molar-refractivity contribution in [3.05, 3.63) is 12.1 Å². The molecular formula is C10H18BF3KN. The van der Waals surface area contributed by atoms with Crippen LogP contribution in [-0.2, 0) is 0 Å². The SMILES string of the molecule is C=C(CN(CC)C1CCCC1)[B-](F)(F)F.[K+]. The third kappa shape index (κ3) is 5.23. The van der Waals surface area contributed by atoms with Crippen LogP contribution in [0.4, 0.5) is 12.9 Å². The van der Waals surface area contributed by atoms with Gasteiger partial charge >= 0.3 is 58.4 Å². The number of halogens is 3. The van der Waals surface area contributed by atoms with Crippen molar-refractivity contribution < 1.29 is 64.3 Å². The minimum Gasteiger partial charge on any atom is -0.445 e. The van der Waals surface area contributed by atoms with Crippen LogP contribution < -0.4 is 51.4 Å². The van der Waals surface area contributed by atoms with Gasteiger partial charge in [0.15, 0.2) is 0 Å². The van der Waals surface area contributed by atoms with Crippen molar-refractivity contribution in [3.63, 3.8) is 0 Å². The van der Waals surface area contributed by atoms with Gasteiger partial charge in [-0.2, -0.15) is 0 Å². The summed E-state index contributed by atoms with van der Waals surface area (Å²) >= 11 is 0.